The van der Waals surface area contributed by atoms with Crippen LogP contribution in [0.5, 0.6) is 17.2 Å². The van der Waals surface area contributed by atoms with Gasteiger partial charge in [-0.3, -0.25) is 0 Å². The number of phenols is 1. The van der Waals surface area contributed by atoms with Crippen LogP contribution in [0.3, 0.4) is 0 Å². The third kappa shape index (κ3) is 3.98. The minimum Gasteiger partial charge on any atom is -0.508 e. The summed E-state index contributed by atoms with van der Waals surface area (Å²) in [4.78, 5) is 11.7. The Morgan fingerprint density at radius 3 is 2.56 bits per heavy atom. The smallest absolute Gasteiger partial charge is 0.328 e. The third-order valence-corrected chi connectivity index (χ3v) is 6.60. The van der Waals surface area contributed by atoms with Gasteiger partial charge in [-0.15, -0.1) is 11.3 Å². The van der Waals surface area contributed by atoms with Gasteiger partial charge in [-0.05, 0) is 53.1 Å². The zero-order chi connectivity index (χ0) is 22.1. The van der Waals surface area contributed by atoms with Crippen molar-refractivity contribution in [3.05, 3.63) is 83.9 Å². The highest BCUT2D eigenvalue weighted by Crippen LogP contribution is 2.49. The highest BCUT2D eigenvalue weighted by atomic mass is 32.1. The maximum absolute atomic E-state index is 10.7. The summed E-state index contributed by atoms with van der Waals surface area (Å²) >= 11 is 1.59. The lowest BCUT2D eigenvalue weighted by Gasteiger charge is -2.28. The highest BCUT2D eigenvalue weighted by molar-refractivity contribution is 7.22. The molecule has 0 unspecified atom stereocenters. The Labute approximate surface area is 188 Å². The molecule has 0 atom stereocenters. The number of benzene rings is 3. The van der Waals surface area contributed by atoms with Gasteiger partial charge in [0.25, 0.3) is 0 Å². The fourth-order valence-electron chi connectivity index (χ4n) is 3.75. The number of aromatic hydroxyl groups is 1. The first kappa shape index (κ1) is 20.3. The summed E-state index contributed by atoms with van der Waals surface area (Å²) in [7, 11) is 0. The molecule has 1 aromatic heterocycles. The number of aliphatic carboxylic acids is 1. The summed E-state index contributed by atoms with van der Waals surface area (Å²) in [6, 6.07) is 20.9. The molecule has 1 fully saturated rings. The van der Waals surface area contributed by atoms with Crippen molar-refractivity contribution in [3.8, 4) is 27.7 Å². The molecule has 4 aromatic rings. The van der Waals surface area contributed by atoms with Crippen molar-refractivity contribution < 1.29 is 24.5 Å². The normalized spacial score (nSPS) is 14.0. The van der Waals surface area contributed by atoms with Crippen LogP contribution in [0.2, 0.25) is 0 Å². The number of rotatable bonds is 6. The van der Waals surface area contributed by atoms with Crippen LogP contribution in [0.4, 0.5) is 0 Å². The molecule has 0 amide bonds. The topological polar surface area (TPSA) is 76.0 Å². The van der Waals surface area contributed by atoms with Crippen LogP contribution in [-0.4, -0.2) is 29.4 Å². The SMILES string of the molecule is O=C(O)C=Cc1ccc(Oc2c(-c3ccccc3C3COC3)sc3cc(O)ccc23)cc1. The summed E-state index contributed by atoms with van der Waals surface area (Å²) in [6.07, 6.45) is 2.64. The first-order valence-electron chi connectivity index (χ1n) is 10.2. The van der Waals surface area contributed by atoms with Gasteiger partial charge < -0.3 is 19.7 Å². The van der Waals surface area contributed by atoms with Gasteiger partial charge in [0, 0.05) is 22.1 Å². The van der Waals surface area contributed by atoms with Gasteiger partial charge in [0.15, 0.2) is 5.75 Å². The van der Waals surface area contributed by atoms with Crippen LogP contribution in [-0.2, 0) is 9.53 Å². The molecular formula is C26H20O5S. The maximum Gasteiger partial charge on any atom is 0.328 e. The van der Waals surface area contributed by atoms with Crippen molar-refractivity contribution in [2.45, 2.75) is 5.92 Å². The van der Waals surface area contributed by atoms with Crippen molar-refractivity contribution in [1.82, 2.24) is 0 Å². The van der Waals surface area contributed by atoms with Gasteiger partial charge in [-0.25, -0.2) is 4.79 Å². The van der Waals surface area contributed by atoms with Crippen LogP contribution >= 0.6 is 11.3 Å². The number of carboxylic acids is 1. The predicted octanol–water partition coefficient (Wildman–Crippen LogP) is 6.28. The quantitative estimate of drug-likeness (QED) is 0.342. The second kappa shape index (κ2) is 8.49. The molecule has 5 rings (SSSR count). The van der Waals surface area contributed by atoms with E-state index < -0.39 is 5.97 Å². The second-order valence-corrected chi connectivity index (χ2v) is 8.66. The lowest BCUT2D eigenvalue weighted by Crippen LogP contribution is -2.25. The van der Waals surface area contributed by atoms with Gasteiger partial charge in [-0.2, -0.15) is 0 Å². The molecule has 1 aliphatic rings. The Bertz CT molecular complexity index is 1320. The average Bonchev–Trinajstić information content (AvgIpc) is 3.09. The van der Waals surface area contributed by atoms with E-state index in [0.717, 1.165) is 37.9 Å². The zero-order valence-corrected chi connectivity index (χ0v) is 17.8. The molecule has 6 heteroatoms. The third-order valence-electron chi connectivity index (χ3n) is 5.43. The summed E-state index contributed by atoms with van der Waals surface area (Å²) in [5.74, 6) is 0.978. The molecule has 5 nitrogen and oxygen atoms in total. The Kier molecular flexibility index (Phi) is 5.39. The summed E-state index contributed by atoms with van der Waals surface area (Å²) in [5.41, 5.74) is 3.11. The Hall–Kier alpha value is -3.61. The molecule has 3 aromatic carbocycles. The Balaban J connectivity index is 1.58. The fraction of sp³-hybridized carbons (Fsp3) is 0.115. The van der Waals surface area contributed by atoms with Gasteiger partial charge in [-0.1, -0.05) is 36.4 Å². The van der Waals surface area contributed by atoms with E-state index in [9.17, 15) is 9.90 Å². The lowest BCUT2D eigenvalue weighted by atomic mass is 9.92. The lowest BCUT2D eigenvalue weighted by molar-refractivity contribution is -0.131. The van der Waals surface area contributed by atoms with E-state index in [2.05, 4.69) is 12.1 Å². The van der Waals surface area contributed by atoms with E-state index in [-0.39, 0.29) is 5.75 Å². The maximum atomic E-state index is 10.7. The van der Waals surface area contributed by atoms with Crippen molar-refractivity contribution >= 4 is 33.5 Å². The van der Waals surface area contributed by atoms with Crippen LogP contribution in [0.1, 0.15) is 17.0 Å². The van der Waals surface area contributed by atoms with E-state index in [1.165, 1.54) is 11.6 Å². The van der Waals surface area contributed by atoms with Crippen LogP contribution in [0.25, 0.3) is 26.6 Å². The van der Waals surface area contributed by atoms with Crippen molar-refractivity contribution in [1.29, 1.82) is 0 Å². The van der Waals surface area contributed by atoms with Crippen molar-refractivity contribution in [2.24, 2.45) is 0 Å². The molecule has 1 aliphatic heterocycles. The average molecular weight is 445 g/mol. The number of hydrogen-bond acceptors (Lipinski definition) is 5. The zero-order valence-electron chi connectivity index (χ0n) is 17.0. The molecule has 0 aliphatic carbocycles. The highest BCUT2D eigenvalue weighted by Gasteiger charge is 2.26. The predicted molar refractivity (Wildman–Crippen MR) is 126 cm³/mol. The van der Waals surface area contributed by atoms with E-state index in [0.29, 0.717) is 24.9 Å². The number of carboxylic acid groups (broad SMARTS) is 1. The monoisotopic (exact) mass is 444 g/mol. The molecule has 0 spiro atoms. The summed E-state index contributed by atoms with van der Waals surface area (Å²) in [5, 5.41) is 19.7. The standard InChI is InChI=1S/C26H20O5S/c27-18-8-11-22-23(13-18)32-26(21-4-2-1-3-20(21)17-14-30-15-17)25(22)31-19-9-5-16(6-10-19)7-12-24(28)29/h1-13,17,27H,14-15H2,(H,28,29). The molecule has 0 bridgehead atoms. The van der Waals surface area contributed by atoms with Gasteiger partial charge >= 0.3 is 5.97 Å². The number of carbonyl (C=O) groups is 1. The van der Waals surface area contributed by atoms with Crippen LogP contribution in [0, 0.1) is 0 Å². The molecule has 2 N–H and O–H groups in total. The minimum atomic E-state index is -0.988. The van der Waals surface area contributed by atoms with Gasteiger partial charge in [0.2, 0.25) is 0 Å². The van der Waals surface area contributed by atoms with Crippen LogP contribution < -0.4 is 4.74 Å². The second-order valence-electron chi connectivity index (χ2n) is 7.61. The Morgan fingerprint density at radius 2 is 1.84 bits per heavy atom. The van der Waals surface area contributed by atoms with Gasteiger partial charge in [0.05, 0.1) is 18.1 Å². The minimum absolute atomic E-state index is 0.215. The Morgan fingerprint density at radius 1 is 1.06 bits per heavy atom. The van der Waals surface area contributed by atoms with E-state index >= 15 is 0 Å². The van der Waals surface area contributed by atoms with Crippen molar-refractivity contribution in [2.75, 3.05) is 13.2 Å². The molecule has 160 valence electrons. The van der Waals surface area contributed by atoms with Gasteiger partial charge in [0.1, 0.15) is 11.5 Å². The first-order chi connectivity index (χ1) is 15.6. The van der Waals surface area contributed by atoms with Crippen LogP contribution in [0.15, 0.2) is 72.8 Å². The largest absolute Gasteiger partial charge is 0.508 e. The fourth-order valence-corrected chi connectivity index (χ4v) is 4.96. The van der Waals surface area contributed by atoms with E-state index in [4.69, 9.17) is 14.6 Å². The number of hydrogen-bond donors (Lipinski definition) is 2. The van der Waals surface area contributed by atoms with Crippen molar-refractivity contribution in [3.63, 3.8) is 0 Å². The van der Waals surface area contributed by atoms with E-state index in [1.54, 1.807) is 23.5 Å². The molecule has 1 saturated heterocycles. The summed E-state index contributed by atoms with van der Waals surface area (Å²) in [6.45, 7) is 1.43. The van der Waals surface area contributed by atoms with E-state index in [1.807, 2.05) is 42.5 Å². The molecule has 32 heavy (non-hydrogen) atoms. The number of ether oxygens (including phenoxy) is 2. The molecule has 2 heterocycles. The number of fused-ring (bicyclic) bond motifs is 1. The molecular weight excluding hydrogens is 424 g/mol. The molecule has 0 saturated carbocycles. The first-order valence-corrected chi connectivity index (χ1v) is 11.0. The number of phenolic OH excluding ortho intramolecular Hbond substituents is 1. The number of thiophene rings is 1. The summed E-state index contributed by atoms with van der Waals surface area (Å²) < 4.78 is 12.7. The molecule has 0 radical (unpaired) electrons.